The first-order valence-corrected chi connectivity index (χ1v) is 5.21. The molecule has 1 aromatic carbocycles. The first-order chi connectivity index (χ1) is 7.13. The molecule has 1 aliphatic rings. The van der Waals surface area contributed by atoms with Crippen molar-refractivity contribution < 1.29 is 9.90 Å². The number of phenolic OH excluding ortho intramolecular Hbond substituents is 1. The summed E-state index contributed by atoms with van der Waals surface area (Å²) in [7, 11) is 0. The van der Waals surface area contributed by atoms with Gasteiger partial charge in [0.2, 0.25) is 0 Å². The summed E-state index contributed by atoms with van der Waals surface area (Å²) >= 11 is 0. The molecule has 1 saturated heterocycles. The van der Waals surface area contributed by atoms with Crippen molar-refractivity contribution in [3.8, 4) is 5.75 Å². The predicted molar refractivity (Wildman–Crippen MR) is 57.7 cm³/mol. The van der Waals surface area contributed by atoms with Gasteiger partial charge in [-0.1, -0.05) is 12.1 Å². The van der Waals surface area contributed by atoms with Gasteiger partial charge in [-0.2, -0.15) is 0 Å². The average Bonchev–Trinajstić information content (AvgIpc) is 2.23. The van der Waals surface area contributed by atoms with Gasteiger partial charge in [-0.25, -0.2) is 0 Å². The Morgan fingerprint density at radius 3 is 2.93 bits per heavy atom. The van der Waals surface area contributed by atoms with Crippen LogP contribution in [-0.4, -0.2) is 17.4 Å². The summed E-state index contributed by atoms with van der Waals surface area (Å²) in [5.41, 5.74) is 0.212. The van der Waals surface area contributed by atoms with Gasteiger partial charge in [0.1, 0.15) is 11.3 Å². The lowest BCUT2D eigenvalue weighted by atomic mass is 9.83. The molecule has 0 radical (unpaired) electrons. The Morgan fingerprint density at radius 2 is 2.27 bits per heavy atom. The van der Waals surface area contributed by atoms with E-state index in [1.54, 1.807) is 18.2 Å². The molecular formula is C12H15NO2. The third-order valence-corrected chi connectivity index (χ3v) is 3.04. The van der Waals surface area contributed by atoms with Gasteiger partial charge in [0.05, 0.1) is 0 Å². The molecule has 1 aliphatic heterocycles. The zero-order valence-corrected chi connectivity index (χ0v) is 8.79. The summed E-state index contributed by atoms with van der Waals surface area (Å²) < 4.78 is 0. The summed E-state index contributed by atoms with van der Waals surface area (Å²) in [4.78, 5) is 11.9. The van der Waals surface area contributed by atoms with Crippen LogP contribution in [0.25, 0.3) is 0 Å². The van der Waals surface area contributed by atoms with Crippen LogP contribution in [0.5, 0.6) is 5.75 Å². The van der Waals surface area contributed by atoms with E-state index >= 15 is 0 Å². The number of carbonyl (C=O) groups excluding carboxylic acids is 1. The van der Waals surface area contributed by atoms with E-state index < -0.39 is 5.54 Å². The highest BCUT2D eigenvalue weighted by Crippen LogP contribution is 2.28. The number of nitrogens with one attached hydrogen (secondary N) is 1. The monoisotopic (exact) mass is 205 g/mol. The van der Waals surface area contributed by atoms with Crippen molar-refractivity contribution in [1.29, 1.82) is 0 Å². The lowest BCUT2D eigenvalue weighted by Gasteiger charge is -2.33. The summed E-state index contributed by atoms with van der Waals surface area (Å²) in [5, 5.41) is 12.6. The number of hydrogen-bond donors (Lipinski definition) is 2. The van der Waals surface area contributed by atoms with Crippen molar-refractivity contribution in [2.24, 2.45) is 0 Å². The number of benzene rings is 1. The van der Waals surface area contributed by atoms with Crippen LogP contribution in [0.4, 0.5) is 0 Å². The molecule has 1 atom stereocenters. The molecule has 1 fully saturated rings. The molecule has 3 heteroatoms. The molecule has 1 unspecified atom stereocenters. The Kier molecular flexibility index (Phi) is 2.49. The molecule has 2 rings (SSSR count). The second-order valence-corrected chi connectivity index (χ2v) is 4.13. The van der Waals surface area contributed by atoms with Crippen LogP contribution >= 0.6 is 0 Å². The third-order valence-electron chi connectivity index (χ3n) is 3.04. The van der Waals surface area contributed by atoms with Gasteiger partial charge >= 0.3 is 0 Å². The highest BCUT2D eigenvalue weighted by atomic mass is 16.3. The Hall–Kier alpha value is -1.35. The van der Waals surface area contributed by atoms with Crippen molar-refractivity contribution in [2.75, 3.05) is 6.54 Å². The van der Waals surface area contributed by atoms with Crippen molar-refractivity contribution in [3.05, 3.63) is 29.8 Å². The molecule has 80 valence electrons. The number of phenols is 1. The van der Waals surface area contributed by atoms with Crippen LogP contribution in [0, 0.1) is 0 Å². The number of aromatic hydroxyl groups is 1. The average molecular weight is 205 g/mol. The maximum atomic E-state index is 11.9. The highest BCUT2D eigenvalue weighted by molar-refractivity contribution is 5.90. The van der Waals surface area contributed by atoms with E-state index in [0.29, 0.717) is 6.42 Å². The fraction of sp³-hybridized carbons (Fsp3) is 0.417. The van der Waals surface area contributed by atoms with Gasteiger partial charge in [0.15, 0.2) is 5.78 Å². The molecule has 0 amide bonds. The van der Waals surface area contributed by atoms with E-state index in [4.69, 9.17) is 0 Å². The van der Waals surface area contributed by atoms with E-state index in [1.165, 1.54) is 0 Å². The topological polar surface area (TPSA) is 49.3 Å². The van der Waals surface area contributed by atoms with Crippen LogP contribution in [0.2, 0.25) is 0 Å². The molecule has 0 aromatic heterocycles. The van der Waals surface area contributed by atoms with Crippen molar-refractivity contribution in [3.63, 3.8) is 0 Å². The lowest BCUT2D eigenvalue weighted by Crippen LogP contribution is -2.50. The third kappa shape index (κ3) is 1.75. The Bertz CT molecular complexity index is 389. The van der Waals surface area contributed by atoms with Crippen LogP contribution in [0.3, 0.4) is 0 Å². The molecule has 0 bridgehead atoms. The minimum Gasteiger partial charge on any atom is -0.508 e. The van der Waals surface area contributed by atoms with Gasteiger partial charge in [-0.15, -0.1) is 0 Å². The maximum Gasteiger partial charge on any atom is 0.157 e. The Balaban J connectivity index is 2.39. The summed E-state index contributed by atoms with van der Waals surface area (Å²) in [6.07, 6.45) is 1.51. The number of rotatable bonds is 1. The van der Waals surface area contributed by atoms with E-state index in [-0.39, 0.29) is 11.5 Å². The largest absolute Gasteiger partial charge is 0.508 e. The van der Waals surface area contributed by atoms with Gasteiger partial charge in [0, 0.05) is 6.42 Å². The summed E-state index contributed by atoms with van der Waals surface area (Å²) in [6, 6.07) is 6.89. The van der Waals surface area contributed by atoms with Crippen molar-refractivity contribution in [2.45, 2.75) is 25.3 Å². The molecule has 0 saturated carbocycles. The van der Waals surface area contributed by atoms with E-state index in [1.807, 2.05) is 13.0 Å². The smallest absolute Gasteiger partial charge is 0.157 e. The van der Waals surface area contributed by atoms with Crippen molar-refractivity contribution >= 4 is 5.78 Å². The zero-order valence-electron chi connectivity index (χ0n) is 8.79. The number of hydrogen-bond acceptors (Lipinski definition) is 3. The molecule has 0 aliphatic carbocycles. The normalized spacial score (nSPS) is 26.6. The SMILES string of the molecule is CC1(c2cccc(O)c2)NCCCC1=O. The molecule has 0 spiro atoms. The molecular weight excluding hydrogens is 190 g/mol. The molecule has 1 aromatic rings. The minimum atomic E-state index is -0.628. The molecule has 3 nitrogen and oxygen atoms in total. The van der Waals surface area contributed by atoms with Gasteiger partial charge in [0.25, 0.3) is 0 Å². The van der Waals surface area contributed by atoms with Crippen LogP contribution in [-0.2, 0) is 10.3 Å². The Morgan fingerprint density at radius 1 is 1.47 bits per heavy atom. The van der Waals surface area contributed by atoms with E-state index in [0.717, 1.165) is 18.5 Å². The standard InChI is InChI=1S/C12H15NO2/c1-12(11(15)6-3-7-13-12)9-4-2-5-10(14)8-9/h2,4-5,8,13-14H,3,6-7H2,1H3. The minimum absolute atomic E-state index is 0.194. The lowest BCUT2D eigenvalue weighted by molar-refractivity contribution is -0.126. The highest BCUT2D eigenvalue weighted by Gasteiger charge is 2.36. The molecule has 1 heterocycles. The number of carbonyl (C=O) groups is 1. The van der Waals surface area contributed by atoms with Crippen LogP contribution < -0.4 is 5.32 Å². The predicted octanol–water partition coefficient (Wildman–Crippen LogP) is 1.56. The number of Topliss-reactive ketones (excluding diaryl/α,β-unsaturated/α-hetero) is 1. The quantitative estimate of drug-likeness (QED) is 0.731. The van der Waals surface area contributed by atoms with Gasteiger partial charge in [-0.05, 0) is 37.6 Å². The van der Waals surface area contributed by atoms with Crippen LogP contribution in [0.1, 0.15) is 25.3 Å². The van der Waals surface area contributed by atoms with Gasteiger partial charge in [-0.3, -0.25) is 4.79 Å². The number of piperidine rings is 1. The summed E-state index contributed by atoms with van der Waals surface area (Å²) in [5.74, 6) is 0.397. The summed E-state index contributed by atoms with van der Waals surface area (Å²) in [6.45, 7) is 2.72. The van der Waals surface area contributed by atoms with E-state index in [2.05, 4.69) is 5.32 Å². The second-order valence-electron chi connectivity index (χ2n) is 4.13. The first kappa shape index (κ1) is 10.2. The fourth-order valence-electron chi connectivity index (χ4n) is 2.02. The fourth-order valence-corrected chi connectivity index (χ4v) is 2.02. The molecule has 15 heavy (non-hydrogen) atoms. The Labute approximate surface area is 89.1 Å². The van der Waals surface area contributed by atoms with Crippen molar-refractivity contribution in [1.82, 2.24) is 5.32 Å². The van der Waals surface area contributed by atoms with Gasteiger partial charge < -0.3 is 10.4 Å². The zero-order chi connectivity index (χ0) is 10.9. The number of ketones is 1. The first-order valence-electron chi connectivity index (χ1n) is 5.21. The molecule has 2 N–H and O–H groups in total. The second kappa shape index (κ2) is 3.66. The van der Waals surface area contributed by atoms with Crippen LogP contribution in [0.15, 0.2) is 24.3 Å². The van der Waals surface area contributed by atoms with E-state index in [9.17, 15) is 9.90 Å². The maximum absolute atomic E-state index is 11.9.